The van der Waals surface area contributed by atoms with Crippen LogP contribution in [0.4, 0.5) is 17.1 Å². The summed E-state index contributed by atoms with van der Waals surface area (Å²) in [6, 6.07) is 84.9. The fourth-order valence-corrected chi connectivity index (χ4v) is 8.52. The Morgan fingerprint density at radius 2 is 0.733 bits per heavy atom. The zero-order chi connectivity index (χ0) is 39.8. The minimum absolute atomic E-state index is 0.872. The number of furan rings is 1. The molecule has 0 saturated heterocycles. The smallest absolute Gasteiger partial charge is 0.135 e. The lowest BCUT2D eigenvalue weighted by molar-refractivity contribution is 0.631. The van der Waals surface area contributed by atoms with Crippen LogP contribution in [-0.4, -0.2) is 0 Å². The maximum Gasteiger partial charge on any atom is 0.135 e. The Hall–Kier alpha value is -7.94. The second kappa shape index (κ2) is 15.1. The van der Waals surface area contributed by atoms with Gasteiger partial charge in [0.15, 0.2) is 0 Å². The van der Waals surface area contributed by atoms with Crippen molar-refractivity contribution in [3.05, 3.63) is 237 Å². The molecule has 0 atom stereocenters. The van der Waals surface area contributed by atoms with Crippen molar-refractivity contribution >= 4 is 49.6 Å². The van der Waals surface area contributed by atoms with Gasteiger partial charge in [-0.25, -0.2) is 0 Å². The van der Waals surface area contributed by atoms with Crippen LogP contribution in [0.15, 0.2) is 241 Å². The number of hydrogen-bond acceptors (Lipinski definition) is 2. The van der Waals surface area contributed by atoms with Gasteiger partial charge in [0, 0.05) is 28.0 Å². The Kier molecular flexibility index (Phi) is 8.87. The summed E-state index contributed by atoms with van der Waals surface area (Å²) in [5, 5.41) is 6.12. The van der Waals surface area contributed by atoms with Gasteiger partial charge in [-0.05, 0) is 127 Å². The molecule has 0 spiro atoms. The van der Waals surface area contributed by atoms with Crippen molar-refractivity contribution in [3.8, 4) is 55.8 Å². The van der Waals surface area contributed by atoms with Gasteiger partial charge in [-0.1, -0.05) is 176 Å². The third-order valence-electron chi connectivity index (χ3n) is 11.7. The number of hydrogen-bond donors (Lipinski definition) is 0. The molecule has 0 aliphatic carbocycles. The Morgan fingerprint density at radius 3 is 1.40 bits per heavy atom. The molecular formula is C58H39NO. The molecule has 60 heavy (non-hydrogen) atoms. The molecule has 2 heteroatoms. The molecule has 10 aromatic carbocycles. The van der Waals surface area contributed by atoms with Crippen LogP contribution in [0.1, 0.15) is 0 Å². The monoisotopic (exact) mass is 765 g/mol. The van der Waals surface area contributed by atoms with Gasteiger partial charge in [-0.15, -0.1) is 0 Å². The van der Waals surface area contributed by atoms with E-state index < -0.39 is 0 Å². The lowest BCUT2D eigenvalue weighted by atomic mass is 9.96. The van der Waals surface area contributed by atoms with Crippen LogP contribution < -0.4 is 4.90 Å². The molecule has 1 heterocycles. The molecule has 0 amide bonds. The maximum atomic E-state index is 6.22. The Balaban J connectivity index is 0.921. The van der Waals surface area contributed by atoms with Crippen molar-refractivity contribution in [2.75, 3.05) is 4.90 Å². The molecule has 1 aromatic heterocycles. The fraction of sp³-hybridized carbons (Fsp3) is 0. The van der Waals surface area contributed by atoms with E-state index >= 15 is 0 Å². The van der Waals surface area contributed by atoms with Crippen LogP contribution >= 0.6 is 0 Å². The third-order valence-corrected chi connectivity index (χ3v) is 11.7. The number of rotatable bonds is 8. The van der Waals surface area contributed by atoms with Crippen LogP contribution in [0, 0.1) is 0 Å². The van der Waals surface area contributed by atoms with E-state index in [1.165, 1.54) is 54.9 Å². The van der Waals surface area contributed by atoms with E-state index in [0.29, 0.717) is 0 Å². The number of benzene rings is 10. The molecule has 282 valence electrons. The first-order valence-electron chi connectivity index (χ1n) is 20.5. The summed E-state index contributed by atoms with van der Waals surface area (Å²) in [6.45, 7) is 0. The summed E-state index contributed by atoms with van der Waals surface area (Å²) in [5.41, 5.74) is 14.7. The average molecular weight is 766 g/mol. The largest absolute Gasteiger partial charge is 0.456 e. The van der Waals surface area contributed by atoms with Gasteiger partial charge in [-0.3, -0.25) is 0 Å². The lowest BCUT2D eigenvalue weighted by Crippen LogP contribution is -2.09. The molecule has 0 aliphatic heterocycles. The minimum Gasteiger partial charge on any atom is -0.456 e. The highest BCUT2D eigenvalue weighted by atomic mass is 16.3. The quantitative estimate of drug-likeness (QED) is 0.153. The normalized spacial score (nSPS) is 11.3. The number of nitrogens with zero attached hydrogens (tertiary/aromatic N) is 1. The summed E-state index contributed by atoms with van der Waals surface area (Å²) in [6.07, 6.45) is 0. The van der Waals surface area contributed by atoms with Crippen LogP contribution in [0.5, 0.6) is 0 Å². The van der Waals surface area contributed by atoms with Crippen LogP contribution in [0.3, 0.4) is 0 Å². The van der Waals surface area contributed by atoms with Gasteiger partial charge >= 0.3 is 0 Å². The zero-order valence-corrected chi connectivity index (χ0v) is 32.9. The van der Waals surface area contributed by atoms with E-state index in [1.807, 2.05) is 18.2 Å². The second-order valence-electron chi connectivity index (χ2n) is 15.4. The van der Waals surface area contributed by atoms with E-state index in [1.54, 1.807) is 0 Å². The average Bonchev–Trinajstić information content (AvgIpc) is 3.77. The maximum absolute atomic E-state index is 6.22. The molecule has 0 fully saturated rings. The molecule has 0 bridgehead atoms. The Bertz CT molecular complexity index is 3250. The first-order chi connectivity index (χ1) is 29.7. The Labute approximate surface area is 349 Å². The first-order valence-corrected chi connectivity index (χ1v) is 20.5. The van der Waals surface area contributed by atoms with Crippen molar-refractivity contribution in [2.45, 2.75) is 0 Å². The highest BCUT2D eigenvalue weighted by Crippen LogP contribution is 2.39. The molecular weight excluding hydrogens is 727 g/mol. The van der Waals surface area contributed by atoms with Crippen molar-refractivity contribution < 1.29 is 4.42 Å². The summed E-state index contributed by atoms with van der Waals surface area (Å²) >= 11 is 0. The molecule has 0 aliphatic rings. The van der Waals surface area contributed by atoms with E-state index in [-0.39, 0.29) is 0 Å². The topological polar surface area (TPSA) is 16.4 Å². The van der Waals surface area contributed by atoms with Crippen LogP contribution in [0.25, 0.3) is 88.3 Å². The van der Waals surface area contributed by atoms with Crippen molar-refractivity contribution in [1.29, 1.82) is 0 Å². The number of fused-ring (bicyclic) bond motifs is 3. The minimum atomic E-state index is 0.872. The second-order valence-corrected chi connectivity index (χ2v) is 15.4. The van der Waals surface area contributed by atoms with Crippen molar-refractivity contribution in [1.82, 2.24) is 0 Å². The predicted molar refractivity (Wildman–Crippen MR) is 253 cm³/mol. The van der Waals surface area contributed by atoms with E-state index in [2.05, 4.69) is 223 Å². The molecule has 2 nitrogen and oxygen atoms in total. The molecule has 0 radical (unpaired) electrons. The number of para-hydroxylation sites is 1. The van der Waals surface area contributed by atoms with Gasteiger partial charge in [0.05, 0.1) is 0 Å². The van der Waals surface area contributed by atoms with Gasteiger partial charge < -0.3 is 9.32 Å². The van der Waals surface area contributed by atoms with Gasteiger partial charge in [-0.2, -0.15) is 0 Å². The summed E-state index contributed by atoms with van der Waals surface area (Å²) in [4.78, 5) is 2.34. The summed E-state index contributed by atoms with van der Waals surface area (Å²) in [5.74, 6) is 0.872. The first kappa shape index (κ1) is 35.2. The SMILES string of the molecule is c1cc(-c2ccc(N(c3ccc(-c4ccc(-c5cccc6ccccc56)cc4)cc3)c3ccc(-c4ccc5ccccc5c4)cc3)cc2)cc(-c2cc3ccccc3o2)c1. The highest BCUT2D eigenvalue weighted by Gasteiger charge is 2.15. The standard InChI is InChI=1S/C58H39NO/c1-2-11-47-37-49(24-21-40(47)9-1)44-29-35-54(36-30-44)59(53-33-27-43(28-34-53)48-14-7-15-50(38-48)58-39-51-12-4-6-18-57(51)60-58)52-31-25-42(26-32-52)41-19-22-46(23-20-41)56-17-8-13-45-10-3-5-16-55(45)56/h1-39H. The number of anilines is 3. The fourth-order valence-electron chi connectivity index (χ4n) is 8.52. The predicted octanol–water partition coefficient (Wildman–Crippen LogP) is 16.5. The van der Waals surface area contributed by atoms with Gasteiger partial charge in [0.1, 0.15) is 11.3 Å². The molecule has 0 unspecified atom stereocenters. The zero-order valence-electron chi connectivity index (χ0n) is 32.9. The van der Waals surface area contributed by atoms with E-state index in [9.17, 15) is 0 Å². The van der Waals surface area contributed by atoms with Gasteiger partial charge in [0.2, 0.25) is 0 Å². The molecule has 11 rings (SSSR count). The Morgan fingerprint density at radius 1 is 0.267 bits per heavy atom. The lowest BCUT2D eigenvalue weighted by Gasteiger charge is -2.26. The van der Waals surface area contributed by atoms with Crippen LogP contribution in [-0.2, 0) is 0 Å². The summed E-state index contributed by atoms with van der Waals surface area (Å²) in [7, 11) is 0. The van der Waals surface area contributed by atoms with Crippen LogP contribution in [0.2, 0.25) is 0 Å². The highest BCUT2D eigenvalue weighted by molar-refractivity contribution is 5.97. The third kappa shape index (κ3) is 6.70. The van der Waals surface area contributed by atoms with Crippen molar-refractivity contribution in [2.24, 2.45) is 0 Å². The molecule has 0 saturated carbocycles. The van der Waals surface area contributed by atoms with Gasteiger partial charge in [0.25, 0.3) is 0 Å². The molecule has 0 N–H and O–H groups in total. The summed E-state index contributed by atoms with van der Waals surface area (Å²) < 4.78 is 6.22. The molecule has 11 aromatic rings. The van der Waals surface area contributed by atoms with E-state index in [0.717, 1.165) is 50.5 Å². The van der Waals surface area contributed by atoms with Crippen molar-refractivity contribution in [3.63, 3.8) is 0 Å². The van der Waals surface area contributed by atoms with E-state index in [4.69, 9.17) is 4.42 Å².